The summed E-state index contributed by atoms with van der Waals surface area (Å²) >= 11 is 1.67. The summed E-state index contributed by atoms with van der Waals surface area (Å²) in [6.07, 6.45) is 6.24. The summed E-state index contributed by atoms with van der Waals surface area (Å²) in [4.78, 5) is 69.5. The first-order valence-corrected chi connectivity index (χ1v) is 28.5. The standard InChI is InChI=1S/C61H72N8O11S/c1-37(43(30-62)41-16-18-50(67-52(41)55(75)76)69-23-20-39-11-8-12-42(44(39)31-69)53-66-45-13-6-7-14-49(45)81-53)64-36-59-33-57(2)32-58(3)34-60(35-59,61(57,58)59)79-27-24-68(5)56(77)78-26-9-10-38-15-17-47(46(28-38)65-51(72)19-22-63-4)80-48(54(73)74)29-40(71)21-25-70/h6-18,28,30,40,48,63,70-71H,19-27,29,31-36,62H2,1-5H3,(H,65,72)(H,73,74)(H,75,76)/b10-9+,43-30?,64-37?. The van der Waals surface area contributed by atoms with E-state index in [1.807, 2.05) is 31.2 Å². The van der Waals surface area contributed by atoms with Gasteiger partial charge in [0.25, 0.3) is 0 Å². The van der Waals surface area contributed by atoms with Gasteiger partial charge in [0, 0.05) is 98.7 Å². The summed E-state index contributed by atoms with van der Waals surface area (Å²) in [7, 11) is 3.38. The number of carboxylic acids is 2. The van der Waals surface area contributed by atoms with E-state index in [1.54, 1.807) is 55.8 Å². The lowest BCUT2D eigenvalue weighted by Crippen LogP contribution is -3.01. The van der Waals surface area contributed by atoms with Gasteiger partial charge in [-0.05, 0) is 122 Å². The SMILES string of the molecule is CNCCC(=O)Nc1cc(/C=C/COC(=O)N(C)CCOC23CC4(C)CC5(C)CC(CN=C(C)C(=CN)c6ccc(N7CCc8cccc(-c9nc%10ccccc%10s9)c8C7)nc6C(=O)O)(C2)C543)ccc1OC(CC(O)CCO)C(=O)O. The number of aliphatic hydroxyl groups is 2. The third kappa shape index (κ3) is 10.1. The molecule has 0 radical (unpaired) electrons. The number of aliphatic hydroxyl groups excluding tert-OH is 2. The lowest BCUT2D eigenvalue weighted by molar-refractivity contribution is -0.565. The number of aromatic carboxylic acids is 1. The van der Waals surface area contributed by atoms with Gasteiger partial charge in [0.1, 0.15) is 23.2 Å². The number of carbonyl (C=O) groups excluding carboxylic acids is 2. The number of thiazole rings is 1. The van der Waals surface area contributed by atoms with Crippen molar-refractivity contribution >= 4 is 74.4 Å². The van der Waals surface area contributed by atoms with Crippen LogP contribution in [0.25, 0.3) is 32.4 Å². The van der Waals surface area contributed by atoms with Gasteiger partial charge in [-0.1, -0.05) is 56.3 Å². The molecule has 5 aromatic rings. The number of carbonyl (C=O) groups is 4. The average molecular weight is 1130 g/mol. The van der Waals surface area contributed by atoms with Gasteiger partial charge >= 0.3 is 18.0 Å². The molecule has 3 aromatic carbocycles. The molecular formula is C61H72N8O11S. The van der Waals surface area contributed by atoms with Crippen LogP contribution in [0, 0.1) is 21.7 Å². The minimum atomic E-state index is -1.44. The highest BCUT2D eigenvalue weighted by Gasteiger charge is 3.02. The third-order valence-electron chi connectivity index (χ3n) is 17.9. The lowest BCUT2D eigenvalue weighted by Gasteiger charge is -3.02. The Kier molecular flexibility index (Phi) is 15.9. The molecule has 10 rings (SSSR count). The number of nitrogens with zero attached hydrogens (tertiary/aromatic N) is 5. The average Bonchev–Trinajstić information content (AvgIpc) is 0.745. The lowest BCUT2D eigenvalue weighted by atomic mass is 9.03. The van der Waals surface area contributed by atoms with Crippen LogP contribution in [-0.2, 0) is 32.0 Å². The number of anilines is 2. The molecule has 2 amide bonds. The van der Waals surface area contributed by atoms with E-state index in [0.29, 0.717) is 67.6 Å². The second-order valence-corrected chi connectivity index (χ2v) is 24.1. The van der Waals surface area contributed by atoms with Crippen LogP contribution < -0.4 is 26.0 Å². The number of nitrogens with one attached hydrogen (secondary N) is 2. The van der Waals surface area contributed by atoms with E-state index in [9.17, 15) is 39.6 Å². The van der Waals surface area contributed by atoms with Gasteiger partial charge in [0.2, 0.25) is 5.91 Å². The number of aliphatic carboxylic acids is 1. The molecule has 2 aromatic heterocycles. The van der Waals surface area contributed by atoms with Gasteiger partial charge < -0.3 is 60.8 Å². The number of rotatable bonds is 25. The fourth-order valence-electron chi connectivity index (χ4n) is 15.5. The topological polar surface area (TPSA) is 272 Å². The van der Waals surface area contributed by atoms with Crippen molar-refractivity contribution in [2.45, 2.75) is 96.5 Å². The molecule has 4 fully saturated rings. The molecule has 0 bridgehead atoms. The fraction of sp³-hybridized carbons (Fsp3) is 0.459. The van der Waals surface area contributed by atoms with Gasteiger partial charge in [-0.2, -0.15) is 0 Å². The van der Waals surface area contributed by atoms with Crippen LogP contribution >= 0.6 is 11.3 Å². The van der Waals surface area contributed by atoms with Crippen molar-refractivity contribution in [3.05, 3.63) is 113 Å². The maximum Gasteiger partial charge on any atom is 0.409 e. The Morgan fingerprint density at radius 3 is 2.53 bits per heavy atom. The van der Waals surface area contributed by atoms with Crippen LogP contribution in [0.3, 0.4) is 0 Å². The zero-order chi connectivity index (χ0) is 57.5. The molecule has 5 aliphatic rings. The van der Waals surface area contributed by atoms with Crippen LogP contribution in [0.1, 0.15) is 98.5 Å². The molecule has 4 saturated carbocycles. The Hall–Kier alpha value is -7.23. The predicted molar refractivity (Wildman–Crippen MR) is 310 cm³/mol. The third-order valence-corrected chi connectivity index (χ3v) is 18.9. The first-order chi connectivity index (χ1) is 38.8. The molecule has 1 aliphatic heterocycles. The van der Waals surface area contributed by atoms with Gasteiger partial charge in [-0.3, -0.25) is 9.79 Å². The number of carboxylic acid groups (broad SMARTS) is 2. The highest BCUT2D eigenvalue weighted by molar-refractivity contribution is 7.21. The minimum Gasteiger partial charge on any atom is -0.479 e. The van der Waals surface area contributed by atoms with Crippen molar-refractivity contribution in [1.29, 1.82) is 0 Å². The van der Waals surface area contributed by atoms with E-state index in [1.165, 1.54) is 28.3 Å². The van der Waals surface area contributed by atoms with Crippen LogP contribution in [0.15, 0.2) is 90.1 Å². The van der Waals surface area contributed by atoms with Gasteiger partial charge in [-0.15, -0.1) is 11.3 Å². The number of allylic oxidation sites excluding steroid dienone is 1. The number of amides is 2. The summed E-state index contributed by atoms with van der Waals surface area (Å²) in [5.74, 6) is -2.13. The number of aromatic nitrogens is 2. The van der Waals surface area contributed by atoms with E-state index in [0.717, 1.165) is 52.9 Å². The zero-order valence-corrected chi connectivity index (χ0v) is 47.3. The number of para-hydroxylation sites is 1. The number of likely N-dealkylation sites (N-methyl/N-ethyl adjacent to an activating group) is 1. The first kappa shape index (κ1) is 57.0. The van der Waals surface area contributed by atoms with Crippen molar-refractivity contribution < 1.29 is 53.8 Å². The largest absolute Gasteiger partial charge is 0.479 e. The Morgan fingerprint density at radius 1 is 1.00 bits per heavy atom. The molecule has 8 N–H and O–H groups in total. The van der Waals surface area contributed by atoms with Crippen molar-refractivity contribution in [2.75, 3.05) is 70.3 Å². The quantitative estimate of drug-likeness (QED) is 0.0273. The molecule has 7 atom stereocenters. The second-order valence-electron chi connectivity index (χ2n) is 23.1. The second kappa shape index (κ2) is 22.6. The van der Waals surface area contributed by atoms with E-state index < -0.39 is 30.2 Å². The zero-order valence-electron chi connectivity index (χ0n) is 46.5. The maximum atomic E-state index is 13.2. The summed E-state index contributed by atoms with van der Waals surface area (Å²) in [5, 5.41) is 46.4. The summed E-state index contributed by atoms with van der Waals surface area (Å²) in [6, 6.07) is 22.9. The van der Waals surface area contributed by atoms with E-state index in [4.69, 9.17) is 34.9 Å². The van der Waals surface area contributed by atoms with Crippen LogP contribution in [0.2, 0.25) is 0 Å². The molecule has 20 heteroatoms. The number of hydrogen-bond acceptors (Lipinski definition) is 16. The predicted octanol–water partition coefficient (Wildman–Crippen LogP) is 8.03. The summed E-state index contributed by atoms with van der Waals surface area (Å²) in [5.41, 5.74) is 12.8. The van der Waals surface area contributed by atoms with Crippen molar-refractivity contribution in [1.82, 2.24) is 20.2 Å². The molecule has 1 spiro atoms. The van der Waals surface area contributed by atoms with E-state index in [2.05, 4.69) is 53.6 Å². The number of ether oxygens (including phenoxy) is 3. The molecule has 3 heterocycles. The number of benzene rings is 3. The minimum absolute atomic E-state index is 0.0165. The summed E-state index contributed by atoms with van der Waals surface area (Å²) < 4.78 is 19.3. The van der Waals surface area contributed by atoms with E-state index in [-0.39, 0.29) is 82.8 Å². The molecule has 4 aliphatic carbocycles. The normalized spacial score (nSPS) is 25.0. The number of aliphatic imine (C=N–C) groups is 1. The molecule has 428 valence electrons. The van der Waals surface area contributed by atoms with Crippen molar-refractivity contribution in [2.24, 2.45) is 32.4 Å². The maximum absolute atomic E-state index is 13.2. The number of fused-ring (bicyclic) bond motifs is 2. The fourth-order valence-corrected chi connectivity index (χ4v) is 16.5. The molecule has 7 unspecified atom stereocenters. The number of pyridine rings is 1. The van der Waals surface area contributed by atoms with Gasteiger partial charge in [-0.25, -0.2) is 24.4 Å². The Morgan fingerprint density at radius 2 is 1.80 bits per heavy atom. The molecule has 81 heavy (non-hydrogen) atoms. The number of nitrogens with two attached hydrogens (primary N) is 1. The molecule has 0 saturated heterocycles. The highest BCUT2D eigenvalue weighted by atomic mass is 32.1. The van der Waals surface area contributed by atoms with Gasteiger partial charge in [0.15, 0.2) is 11.8 Å². The van der Waals surface area contributed by atoms with E-state index >= 15 is 0 Å². The van der Waals surface area contributed by atoms with Gasteiger partial charge in [0.05, 0.1) is 34.2 Å². The first-order valence-electron chi connectivity index (χ1n) is 27.7. The van der Waals surface area contributed by atoms with Crippen LogP contribution in [0.5, 0.6) is 5.75 Å². The van der Waals surface area contributed by atoms with Crippen molar-refractivity contribution in [3.8, 4) is 16.3 Å². The molecular weight excluding hydrogens is 1050 g/mol. The Bertz CT molecular complexity index is 3320. The number of hydrogen-bond donors (Lipinski definition) is 7. The highest BCUT2D eigenvalue weighted by Crippen LogP contribution is 3.03. The van der Waals surface area contributed by atoms with Crippen LogP contribution in [-0.4, -0.2) is 143 Å². The Labute approximate surface area is 474 Å². The van der Waals surface area contributed by atoms with Crippen LogP contribution in [0.4, 0.5) is 16.3 Å². The Balaban J connectivity index is 0.751. The smallest absolute Gasteiger partial charge is 0.409 e. The molecule has 19 nitrogen and oxygen atoms in total. The monoisotopic (exact) mass is 1120 g/mol. The van der Waals surface area contributed by atoms with Crippen molar-refractivity contribution in [3.63, 3.8) is 0 Å². The summed E-state index contributed by atoms with van der Waals surface area (Å²) in [6.45, 7) is 9.09.